The molecular formula is C14H17ClN2O4. The number of rotatable bonds is 5. The van der Waals surface area contributed by atoms with Crippen LogP contribution in [-0.4, -0.2) is 29.1 Å². The van der Waals surface area contributed by atoms with E-state index >= 15 is 0 Å². The molecule has 1 aliphatic rings. The summed E-state index contributed by atoms with van der Waals surface area (Å²) in [6.07, 6.45) is 1.77. The molecule has 0 spiro atoms. The third kappa shape index (κ3) is 3.64. The Balaban J connectivity index is 2.11. The van der Waals surface area contributed by atoms with Gasteiger partial charge in [-0.3, -0.25) is 14.9 Å². The number of nitro groups is 1. The highest BCUT2D eigenvalue weighted by atomic mass is 35.5. The second-order valence-corrected chi connectivity index (χ2v) is 5.79. The quantitative estimate of drug-likeness (QED) is 0.666. The first kappa shape index (κ1) is 15.6. The molecule has 6 nitrogen and oxygen atoms in total. The minimum atomic E-state index is -0.775. The lowest BCUT2D eigenvalue weighted by atomic mass is 10.0. The Labute approximate surface area is 127 Å². The fourth-order valence-electron chi connectivity index (χ4n) is 2.75. The smallest absolute Gasteiger partial charge is 0.303 e. The van der Waals surface area contributed by atoms with Crippen molar-refractivity contribution in [2.45, 2.75) is 26.2 Å². The van der Waals surface area contributed by atoms with Crippen molar-refractivity contribution < 1.29 is 14.8 Å². The molecular weight excluding hydrogens is 296 g/mol. The summed E-state index contributed by atoms with van der Waals surface area (Å²) in [4.78, 5) is 23.1. The van der Waals surface area contributed by atoms with Crippen LogP contribution in [0.25, 0.3) is 0 Å². The van der Waals surface area contributed by atoms with E-state index < -0.39 is 10.9 Å². The third-order valence-electron chi connectivity index (χ3n) is 3.86. The molecule has 1 heterocycles. The standard InChI is InChI=1S/C14H17ClN2O4/c1-9-6-13(17(20)21)11(15)7-12(9)16-5-4-10(8-16)2-3-14(18)19/h6-7,10H,2-5,8H2,1H3,(H,18,19). The molecule has 7 heteroatoms. The van der Waals surface area contributed by atoms with Gasteiger partial charge in [-0.2, -0.15) is 0 Å². The number of carbonyl (C=O) groups is 1. The van der Waals surface area contributed by atoms with Crippen LogP contribution in [0.3, 0.4) is 0 Å². The fourth-order valence-corrected chi connectivity index (χ4v) is 2.98. The highest BCUT2D eigenvalue weighted by molar-refractivity contribution is 6.33. The molecule has 1 saturated heterocycles. The monoisotopic (exact) mass is 312 g/mol. The Kier molecular flexibility index (Phi) is 4.67. The summed E-state index contributed by atoms with van der Waals surface area (Å²) >= 11 is 5.97. The predicted molar refractivity (Wildman–Crippen MR) is 80.0 cm³/mol. The van der Waals surface area contributed by atoms with Crippen LogP contribution in [0.1, 0.15) is 24.8 Å². The van der Waals surface area contributed by atoms with Crippen molar-refractivity contribution in [2.75, 3.05) is 18.0 Å². The number of anilines is 1. The Bertz CT molecular complexity index is 576. The molecule has 114 valence electrons. The average Bonchev–Trinajstić information content (AvgIpc) is 2.87. The molecule has 1 aromatic carbocycles. The zero-order valence-corrected chi connectivity index (χ0v) is 12.5. The Morgan fingerprint density at radius 2 is 2.29 bits per heavy atom. The lowest BCUT2D eigenvalue weighted by molar-refractivity contribution is -0.384. The number of aliphatic carboxylic acids is 1. The van der Waals surface area contributed by atoms with Gasteiger partial charge in [0.1, 0.15) is 5.02 Å². The lowest BCUT2D eigenvalue weighted by Gasteiger charge is -2.21. The lowest BCUT2D eigenvalue weighted by Crippen LogP contribution is -2.21. The van der Waals surface area contributed by atoms with Gasteiger partial charge in [-0.1, -0.05) is 11.6 Å². The van der Waals surface area contributed by atoms with E-state index in [-0.39, 0.29) is 17.1 Å². The fraction of sp³-hybridized carbons (Fsp3) is 0.500. The normalized spacial score (nSPS) is 18.0. The van der Waals surface area contributed by atoms with E-state index in [0.717, 1.165) is 30.8 Å². The zero-order valence-electron chi connectivity index (χ0n) is 11.7. The van der Waals surface area contributed by atoms with Crippen LogP contribution >= 0.6 is 11.6 Å². The van der Waals surface area contributed by atoms with E-state index in [0.29, 0.717) is 12.3 Å². The molecule has 1 aliphatic heterocycles. The number of nitro benzene ring substituents is 1. The zero-order chi connectivity index (χ0) is 15.6. The van der Waals surface area contributed by atoms with E-state index in [9.17, 15) is 14.9 Å². The topological polar surface area (TPSA) is 83.7 Å². The van der Waals surface area contributed by atoms with Gasteiger partial charge in [0.25, 0.3) is 5.69 Å². The predicted octanol–water partition coefficient (Wildman–Crippen LogP) is 3.25. The molecule has 0 aliphatic carbocycles. The summed E-state index contributed by atoms with van der Waals surface area (Å²) < 4.78 is 0. The van der Waals surface area contributed by atoms with Crippen molar-refractivity contribution in [2.24, 2.45) is 5.92 Å². The summed E-state index contributed by atoms with van der Waals surface area (Å²) in [6, 6.07) is 3.12. The first-order chi connectivity index (χ1) is 9.88. The van der Waals surface area contributed by atoms with E-state index in [4.69, 9.17) is 16.7 Å². The maximum Gasteiger partial charge on any atom is 0.303 e. The van der Waals surface area contributed by atoms with Gasteiger partial charge in [0, 0.05) is 31.3 Å². The SMILES string of the molecule is Cc1cc([N+](=O)[O-])c(Cl)cc1N1CCC(CCC(=O)O)C1. The minimum absolute atomic E-state index is 0.0838. The van der Waals surface area contributed by atoms with Gasteiger partial charge >= 0.3 is 5.97 Å². The molecule has 0 bridgehead atoms. The van der Waals surface area contributed by atoms with Crippen LogP contribution in [0.4, 0.5) is 11.4 Å². The molecule has 1 unspecified atom stereocenters. The molecule has 21 heavy (non-hydrogen) atoms. The van der Waals surface area contributed by atoms with E-state index in [2.05, 4.69) is 4.90 Å². The number of carboxylic acid groups (broad SMARTS) is 1. The summed E-state index contributed by atoms with van der Waals surface area (Å²) in [5.41, 5.74) is 1.62. The van der Waals surface area contributed by atoms with Gasteiger partial charge in [-0.15, -0.1) is 0 Å². The molecule has 1 atom stereocenters. The van der Waals surface area contributed by atoms with Crippen molar-refractivity contribution in [1.29, 1.82) is 0 Å². The van der Waals surface area contributed by atoms with Crippen molar-refractivity contribution in [3.8, 4) is 0 Å². The molecule has 0 aromatic heterocycles. The van der Waals surface area contributed by atoms with Gasteiger partial charge < -0.3 is 10.0 Å². The van der Waals surface area contributed by atoms with Gasteiger partial charge in [-0.25, -0.2) is 0 Å². The van der Waals surface area contributed by atoms with Crippen LogP contribution < -0.4 is 4.90 Å². The van der Waals surface area contributed by atoms with Gasteiger partial charge in [0.15, 0.2) is 0 Å². The van der Waals surface area contributed by atoms with E-state index in [1.165, 1.54) is 6.07 Å². The van der Waals surface area contributed by atoms with Crippen LogP contribution in [0.15, 0.2) is 12.1 Å². The number of hydrogen-bond acceptors (Lipinski definition) is 4. The molecule has 0 saturated carbocycles. The van der Waals surface area contributed by atoms with Gasteiger partial charge in [0.2, 0.25) is 0 Å². The molecule has 0 amide bonds. The third-order valence-corrected chi connectivity index (χ3v) is 4.16. The Hall–Kier alpha value is -1.82. The number of hydrogen-bond donors (Lipinski definition) is 1. The molecule has 1 N–H and O–H groups in total. The van der Waals surface area contributed by atoms with Crippen molar-refractivity contribution >= 4 is 28.9 Å². The second-order valence-electron chi connectivity index (χ2n) is 5.38. The van der Waals surface area contributed by atoms with Crippen molar-refractivity contribution in [3.63, 3.8) is 0 Å². The largest absolute Gasteiger partial charge is 0.481 e. The molecule has 1 aromatic rings. The van der Waals surface area contributed by atoms with Crippen LogP contribution in [0, 0.1) is 23.0 Å². The Morgan fingerprint density at radius 3 is 2.90 bits per heavy atom. The number of carboxylic acids is 1. The van der Waals surface area contributed by atoms with Gasteiger partial charge in [-0.05, 0) is 37.3 Å². The van der Waals surface area contributed by atoms with Crippen LogP contribution in [-0.2, 0) is 4.79 Å². The number of aryl methyl sites for hydroxylation is 1. The second kappa shape index (κ2) is 6.30. The molecule has 0 radical (unpaired) electrons. The number of nitrogens with zero attached hydrogens (tertiary/aromatic N) is 2. The summed E-state index contributed by atoms with van der Waals surface area (Å²) in [5.74, 6) is -0.433. The van der Waals surface area contributed by atoms with Crippen molar-refractivity contribution in [1.82, 2.24) is 0 Å². The maximum absolute atomic E-state index is 10.9. The number of halogens is 1. The van der Waals surface area contributed by atoms with E-state index in [1.807, 2.05) is 6.92 Å². The van der Waals surface area contributed by atoms with Crippen LogP contribution in [0.2, 0.25) is 5.02 Å². The molecule has 1 fully saturated rings. The summed E-state index contributed by atoms with van der Waals surface area (Å²) in [6.45, 7) is 3.41. The minimum Gasteiger partial charge on any atom is -0.481 e. The van der Waals surface area contributed by atoms with Crippen molar-refractivity contribution in [3.05, 3.63) is 32.8 Å². The highest BCUT2D eigenvalue weighted by Gasteiger charge is 2.26. The summed E-state index contributed by atoms with van der Waals surface area (Å²) in [7, 11) is 0. The first-order valence-corrected chi connectivity index (χ1v) is 7.17. The van der Waals surface area contributed by atoms with Gasteiger partial charge in [0.05, 0.1) is 4.92 Å². The van der Waals surface area contributed by atoms with Crippen LogP contribution in [0.5, 0.6) is 0 Å². The van der Waals surface area contributed by atoms with E-state index in [1.54, 1.807) is 6.07 Å². The maximum atomic E-state index is 10.9. The number of benzene rings is 1. The summed E-state index contributed by atoms with van der Waals surface area (Å²) in [5, 5.41) is 19.7. The Morgan fingerprint density at radius 1 is 1.57 bits per heavy atom. The average molecular weight is 313 g/mol. The highest BCUT2D eigenvalue weighted by Crippen LogP contribution is 2.35. The molecule has 2 rings (SSSR count). The first-order valence-electron chi connectivity index (χ1n) is 6.79.